The summed E-state index contributed by atoms with van der Waals surface area (Å²) in [6, 6.07) is 9.92. The Hall–Kier alpha value is -2.75. The Bertz CT molecular complexity index is 1120. The highest BCUT2D eigenvalue weighted by Gasteiger charge is 2.40. The number of hydrogen-bond donors (Lipinski definition) is 3. The number of ether oxygens (including phenoxy) is 2. The minimum atomic E-state index is -1.55. The molecule has 2 aromatic carbocycles. The normalized spacial score (nSPS) is 21.8. The second kappa shape index (κ2) is 12.0. The molecular weight excluding hydrogens is 488 g/mol. The molecule has 1 fully saturated rings. The molecule has 0 amide bonds. The number of rotatable bonds is 12. The summed E-state index contributed by atoms with van der Waals surface area (Å²) >= 11 is 0. The molecule has 7 nitrogen and oxygen atoms in total. The van der Waals surface area contributed by atoms with Crippen LogP contribution in [-0.4, -0.2) is 87.4 Å². The molecule has 1 saturated heterocycles. The van der Waals surface area contributed by atoms with Crippen molar-refractivity contribution >= 4 is 17.6 Å². The number of nitrogens with zero attached hydrogens (tertiary/aromatic N) is 2. The molecule has 9 heteroatoms. The summed E-state index contributed by atoms with van der Waals surface area (Å²) in [5.74, 6) is 0.708. The zero-order chi connectivity index (χ0) is 27.4. The van der Waals surface area contributed by atoms with Crippen LogP contribution in [-0.2, 0) is 11.2 Å². The van der Waals surface area contributed by atoms with Gasteiger partial charge in [0.15, 0.2) is 0 Å². The molecule has 0 saturated carbocycles. The van der Waals surface area contributed by atoms with Crippen molar-refractivity contribution in [2.24, 2.45) is 0 Å². The van der Waals surface area contributed by atoms with Gasteiger partial charge in [0.1, 0.15) is 11.4 Å². The quantitative estimate of drug-likeness (QED) is 0.278. The molecule has 3 atom stereocenters. The van der Waals surface area contributed by atoms with Gasteiger partial charge >= 0.3 is 0 Å². The predicted octanol–water partition coefficient (Wildman–Crippen LogP) is 4.44. The van der Waals surface area contributed by atoms with Crippen LogP contribution in [0.2, 0.25) is 0 Å². The summed E-state index contributed by atoms with van der Waals surface area (Å²) in [7, 11) is 3.17. The lowest BCUT2D eigenvalue weighted by Gasteiger charge is -2.45. The third-order valence-electron chi connectivity index (χ3n) is 7.68. The minimum absolute atomic E-state index is 0.00674. The van der Waals surface area contributed by atoms with Crippen molar-refractivity contribution in [2.45, 2.75) is 50.5 Å². The van der Waals surface area contributed by atoms with E-state index in [1.807, 2.05) is 30.3 Å². The summed E-state index contributed by atoms with van der Waals surface area (Å²) in [4.78, 5) is 4.41. The van der Waals surface area contributed by atoms with Gasteiger partial charge in [0.05, 0.1) is 32.5 Å². The second-order valence-electron chi connectivity index (χ2n) is 10.9. The van der Waals surface area contributed by atoms with Crippen LogP contribution >= 0.6 is 0 Å². The van der Waals surface area contributed by atoms with E-state index in [1.54, 1.807) is 14.0 Å². The fourth-order valence-corrected chi connectivity index (χ4v) is 5.91. The molecular formula is C29H41F2N5O2. The molecule has 2 aliphatic heterocycles. The van der Waals surface area contributed by atoms with Crippen LogP contribution in [0.3, 0.4) is 0 Å². The molecule has 0 unspecified atom stereocenters. The number of fused-ring (bicyclic) bond motifs is 1. The number of methoxy groups -OCH3 is 2. The lowest BCUT2D eigenvalue weighted by Crippen LogP contribution is -2.54. The summed E-state index contributed by atoms with van der Waals surface area (Å²) in [5.41, 5.74) is 9.88. The number of nitrogens with one attached hydrogen (secondary N) is 2. The number of anilines is 2. The number of alkyl halides is 2. The Morgan fingerprint density at radius 3 is 2.61 bits per heavy atom. The highest BCUT2D eigenvalue weighted by Crippen LogP contribution is 2.44. The lowest BCUT2D eigenvalue weighted by molar-refractivity contribution is 0.00195. The highest BCUT2D eigenvalue weighted by atomic mass is 19.1. The van der Waals surface area contributed by atoms with E-state index in [1.165, 1.54) is 13.3 Å². The fraction of sp³-hybridized carbons (Fsp3) is 0.552. The monoisotopic (exact) mass is 529 g/mol. The summed E-state index contributed by atoms with van der Waals surface area (Å²) in [5, 5.41) is 11.6. The van der Waals surface area contributed by atoms with Gasteiger partial charge in [0.2, 0.25) is 0 Å². The van der Waals surface area contributed by atoms with E-state index < -0.39 is 5.67 Å². The molecule has 4 rings (SSSR count). The van der Waals surface area contributed by atoms with Gasteiger partial charge in [-0.25, -0.2) is 4.39 Å². The van der Waals surface area contributed by atoms with Crippen molar-refractivity contribution < 1.29 is 18.3 Å². The largest absolute Gasteiger partial charge is 0.496 e. The third-order valence-corrected chi connectivity index (χ3v) is 7.68. The number of nitrogens with two attached hydrogens (primary N) is 1. The molecule has 0 bridgehead atoms. The van der Waals surface area contributed by atoms with Crippen molar-refractivity contribution in [3.8, 4) is 5.75 Å². The lowest BCUT2D eigenvalue weighted by atomic mass is 9.81. The Labute approximate surface area is 224 Å². The average Bonchev–Trinajstić information content (AvgIpc) is 2.86. The van der Waals surface area contributed by atoms with E-state index in [9.17, 15) is 4.39 Å². The average molecular weight is 530 g/mol. The molecule has 0 aliphatic carbocycles. The molecule has 0 radical (unpaired) electrons. The van der Waals surface area contributed by atoms with Crippen LogP contribution in [0.25, 0.3) is 0 Å². The molecule has 2 heterocycles. The molecule has 38 heavy (non-hydrogen) atoms. The van der Waals surface area contributed by atoms with Crippen LogP contribution in [0.1, 0.15) is 48.6 Å². The Morgan fingerprint density at radius 2 is 1.95 bits per heavy atom. The van der Waals surface area contributed by atoms with Crippen LogP contribution in [0.15, 0.2) is 30.3 Å². The van der Waals surface area contributed by atoms with Gasteiger partial charge in [-0.3, -0.25) is 14.2 Å². The maximum atomic E-state index is 15.6. The van der Waals surface area contributed by atoms with Gasteiger partial charge < -0.3 is 25.9 Å². The SMILES string of the molecule is COC[C@@](C)(F)CN1[C@H](c2ccc(NC3CN(CCCF)C3)cc2OC)c2ccc(N)c(C=N)c2C[C@H]1C. The topological polar surface area (TPSA) is 86.8 Å². The van der Waals surface area contributed by atoms with Crippen LogP contribution < -0.4 is 15.8 Å². The molecule has 0 spiro atoms. The van der Waals surface area contributed by atoms with Crippen molar-refractivity contribution in [1.82, 2.24) is 9.80 Å². The Balaban J connectivity index is 1.69. The van der Waals surface area contributed by atoms with E-state index >= 15 is 4.39 Å². The van der Waals surface area contributed by atoms with Gasteiger partial charge in [-0.1, -0.05) is 12.1 Å². The van der Waals surface area contributed by atoms with Crippen LogP contribution in [0, 0.1) is 5.41 Å². The first kappa shape index (κ1) is 28.3. The summed E-state index contributed by atoms with van der Waals surface area (Å²) in [6.45, 7) is 6.09. The third kappa shape index (κ3) is 5.95. The zero-order valence-electron chi connectivity index (χ0n) is 22.9. The van der Waals surface area contributed by atoms with Crippen molar-refractivity contribution in [1.29, 1.82) is 5.41 Å². The number of nitrogen functional groups attached to an aromatic ring is 1. The first-order valence-electron chi connectivity index (χ1n) is 13.3. The number of hydrogen-bond acceptors (Lipinski definition) is 7. The van der Waals surface area contributed by atoms with E-state index in [4.69, 9.17) is 20.6 Å². The highest BCUT2D eigenvalue weighted by molar-refractivity contribution is 5.88. The van der Waals surface area contributed by atoms with E-state index in [0.717, 1.165) is 47.6 Å². The minimum Gasteiger partial charge on any atom is -0.496 e. The van der Waals surface area contributed by atoms with Crippen LogP contribution in [0.4, 0.5) is 20.2 Å². The number of halogens is 2. The summed E-state index contributed by atoms with van der Waals surface area (Å²) < 4.78 is 39.1. The molecule has 208 valence electrons. The van der Waals surface area contributed by atoms with E-state index in [-0.39, 0.29) is 31.9 Å². The Morgan fingerprint density at radius 1 is 1.21 bits per heavy atom. The van der Waals surface area contributed by atoms with Gasteiger partial charge in [0, 0.05) is 74.1 Å². The predicted molar refractivity (Wildman–Crippen MR) is 149 cm³/mol. The Kier molecular flexibility index (Phi) is 8.90. The van der Waals surface area contributed by atoms with Crippen molar-refractivity contribution in [3.05, 3.63) is 52.6 Å². The number of likely N-dealkylation sites (tertiary alicyclic amines) is 1. The number of benzene rings is 2. The van der Waals surface area contributed by atoms with Gasteiger partial charge in [-0.05, 0) is 49.9 Å². The van der Waals surface area contributed by atoms with Gasteiger partial charge in [-0.15, -0.1) is 0 Å². The first-order chi connectivity index (χ1) is 18.2. The maximum Gasteiger partial charge on any atom is 0.144 e. The second-order valence-corrected chi connectivity index (χ2v) is 10.9. The summed E-state index contributed by atoms with van der Waals surface area (Å²) in [6.07, 6.45) is 2.55. The molecule has 4 N–H and O–H groups in total. The zero-order valence-corrected chi connectivity index (χ0v) is 22.9. The van der Waals surface area contributed by atoms with Gasteiger partial charge in [0.25, 0.3) is 0 Å². The molecule has 2 aliphatic rings. The van der Waals surface area contributed by atoms with Gasteiger partial charge in [-0.2, -0.15) is 0 Å². The first-order valence-corrected chi connectivity index (χ1v) is 13.3. The van der Waals surface area contributed by atoms with Crippen LogP contribution in [0.5, 0.6) is 5.75 Å². The smallest absolute Gasteiger partial charge is 0.144 e. The fourth-order valence-electron chi connectivity index (χ4n) is 5.91. The van der Waals surface area contributed by atoms with E-state index in [0.29, 0.717) is 30.3 Å². The standard InChI is InChI=1S/C29H41F2N5O2/c1-19-12-24-22(8-9-26(33)25(24)14-32)28(36(19)17-29(2,31)18-37-3)23-7-6-20(13-27(23)38-4)34-21-15-35(16-21)11-5-10-30/h6-9,13-14,19,21,28,32,34H,5,10-12,15-18,33H2,1-4H3/t19-,28+,29+/m1/s1. The molecule has 0 aromatic heterocycles. The molecule has 2 aromatic rings. The maximum absolute atomic E-state index is 15.6. The van der Waals surface area contributed by atoms with Crippen molar-refractivity contribution in [2.75, 3.05) is 64.7 Å². The van der Waals surface area contributed by atoms with Crippen molar-refractivity contribution in [3.63, 3.8) is 0 Å². The van der Waals surface area contributed by atoms with E-state index in [2.05, 4.69) is 22.0 Å².